The first kappa shape index (κ1) is 25.5. The van der Waals surface area contributed by atoms with Crippen LogP contribution in [-0.2, 0) is 27.7 Å². The summed E-state index contributed by atoms with van der Waals surface area (Å²) in [5, 5.41) is 9.95. The lowest BCUT2D eigenvalue weighted by Crippen LogP contribution is -2.43. The Morgan fingerprint density at radius 1 is 1.06 bits per heavy atom. The van der Waals surface area contributed by atoms with Gasteiger partial charge in [0.2, 0.25) is 10.0 Å². The highest BCUT2D eigenvalue weighted by Gasteiger charge is 2.37. The number of fused-ring (bicyclic) bond motifs is 1. The third-order valence-corrected chi connectivity index (χ3v) is 8.02. The molecule has 1 aliphatic heterocycles. The highest BCUT2D eigenvalue weighted by Crippen LogP contribution is 2.40. The molecular weight excluding hydrogens is 509 g/mol. The Bertz CT molecular complexity index is 1370. The van der Waals surface area contributed by atoms with Crippen LogP contribution >= 0.6 is 23.2 Å². The number of carbonyl (C=O) groups is 1. The lowest BCUT2D eigenvalue weighted by molar-refractivity contribution is -0.135. The van der Waals surface area contributed by atoms with Crippen molar-refractivity contribution in [3.63, 3.8) is 0 Å². The molecule has 0 radical (unpaired) electrons. The van der Waals surface area contributed by atoms with Crippen molar-refractivity contribution >= 4 is 39.2 Å². The molecule has 184 valence electrons. The summed E-state index contributed by atoms with van der Waals surface area (Å²) in [6, 6.07) is 18.2. The predicted octanol–water partition coefficient (Wildman–Crippen LogP) is 5.60. The van der Waals surface area contributed by atoms with Crippen LogP contribution in [0.3, 0.4) is 0 Å². The predicted molar refractivity (Wildman–Crippen MR) is 137 cm³/mol. The van der Waals surface area contributed by atoms with Crippen molar-refractivity contribution in [3.05, 3.63) is 81.8 Å². The van der Waals surface area contributed by atoms with E-state index in [-0.39, 0.29) is 10.8 Å². The van der Waals surface area contributed by atoms with Gasteiger partial charge in [-0.15, -0.1) is 0 Å². The zero-order chi connectivity index (χ0) is 25.4. The van der Waals surface area contributed by atoms with Gasteiger partial charge in [0, 0.05) is 16.0 Å². The van der Waals surface area contributed by atoms with Gasteiger partial charge in [0.15, 0.2) is 0 Å². The van der Waals surface area contributed by atoms with E-state index >= 15 is 0 Å². The Balaban J connectivity index is 1.59. The first-order valence-electron chi connectivity index (χ1n) is 11.0. The van der Waals surface area contributed by atoms with Crippen LogP contribution in [0.1, 0.15) is 25.0 Å². The van der Waals surface area contributed by atoms with Crippen LogP contribution in [0.5, 0.6) is 5.75 Å². The Morgan fingerprint density at radius 3 is 2.46 bits per heavy atom. The number of sulfonamides is 1. The fourth-order valence-electron chi connectivity index (χ4n) is 4.30. The highest BCUT2D eigenvalue weighted by molar-refractivity contribution is 7.89. The number of aliphatic carboxylic acids is 1. The molecule has 1 atom stereocenters. The van der Waals surface area contributed by atoms with E-state index in [4.69, 9.17) is 33.0 Å². The van der Waals surface area contributed by atoms with Crippen LogP contribution in [-0.4, -0.2) is 31.6 Å². The van der Waals surface area contributed by atoms with E-state index in [1.807, 2.05) is 38.1 Å². The summed E-state index contributed by atoms with van der Waals surface area (Å²) in [5.74, 6) is -0.553. The lowest BCUT2D eigenvalue weighted by Gasteiger charge is -2.40. The molecule has 0 saturated carbocycles. The van der Waals surface area contributed by atoms with E-state index in [1.165, 1.54) is 6.07 Å². The maximum Gasteiger partial charge on any atom is 0.318 e. The van der Waals surface area contributed by atoms with Gasteiger partial charge in [-0.25, -0.2) is 8.42 Å². The zero-order valence-electron chi connectivity index (χ0n) is 19.2. The van der Waals surface area contributed by atoms with Crippen molar-refractivity contribution in [1.29, 1.82) is 0 Å². The van der Waals surface area contributed by atoms with E-state index in [1.54, 1.807) is 18.2 Å². The van der Waals surface area contributed by atoms with Crippen molar-refractivity contribution < 1.29 is 23.1 Å². The summed E-state index contributed by atoms with van der Waals surface area (Å²) >= 11 is 12.4. The number of benzene rings is 3. The molecule has 35 heavy (non-hydrogen) atoms. The highest BCUT2D eigenvalue weighted by atomic mass is 35.5. The minimum Gasteiger partial charge on any atom is -0.487 e. The summed E-state index contributed by atoms with van der Waals surface area (Å²) in [6.45, 7) is 3.38. The van der Waals surface area contributed by atoms with Gasteiger partial charge in [-0.3, -0.25) is 4.79 Å². The Kier molecular flexibility index (Phi) is 7.16. The number of nitrogens with one attached hydrogen (secondary N) is 1. The topological polar surface area (TPSA) is 92.7 Å². The molecule has 2 N–H and O–H groups in total. The Labute approximate surface area is 214 Å². The average Bonchev–Trinajstić information content (AvgIpc) is 2.77. The minimum atomic E-state index is -3.95. The van der Waals surface area contributed by atoms with Crippen LogP contribution in [0.2, 0.25) is 10.0 Å². The van der Waals surface area contributed by atoms with Crippen LogP contribution in [0, 0.1) is 5.92 Å². The van der Waals surface area contributed by atoms with Gasteiger partial charge in [0.25, 0.3) is 0 Å². The molecule has 4 rings (SSSR count). The Morgan fingerprint density at radius 2 is 1.77 bits per heavy atom. The van der Waals surface area contributed by atoms with Crippen LogP contribution < -0.4 is 9.46 Å². The van der Waals surface area contributed by atoms with Crippen molar-refractivity contribution in [3.8, 4) is 16.9 Å². The first-order chi connectivity index (χ1) is 16.4. The molecule has 6 nitrogen and oxygen atoms in total. The van der Waals surface area contributed by atoms with Crippen molar-refractivity contribution in [2.75, 3.05) is 6.54 Å². The summed E-state index contributed by atoms with van der Waals surface area (Å²) in [4.78, 5) is 10.8. The normalized spacial score (nSPS) is 16.9. The second kappa shape index (κ2) is 9.82. The van der Waals surface area contributed by atoms with E-state index in [0.717, 1.165) is 22.3 Å². The molecule has 0 amide bonds. The number of hydrogen-bond donors (Lipinski definition) is 2. The third kappa shape index (κ3) is 5.98. The molecule has 1 heterocycles. The summed E-state index contributed by atoms with van der Waals surface area (Å²) in [7, 11) is -3.95. The second-order valence-electron chi connectivity index (χ2n) is 9.16. The molecule has 3 aromatic carbocycles. The van der Waals surface area contributed by atoms with Crippen LogP contribution in [0.25, 0.3) is 11.1 Å². The molecule has 1 unspecified atom stereocenters. The second-order valence-corrected chi connectivity index (χ2v) is 11.8. The van der Waals surface area contributed by atoms with Crippen molar-refractivity contribution in [1.82, 2.24) is 4.72 Å². The minimum absolute atomic E-state index is 0.0133. The fourth-order valence-corrected chi connectivity index (χ4v) is 5.85. The summed E-state index contributed by atoms with van der Waals surface area (Å²) in [6.07, 6.45) is 1.32. The van der Waals surface area contributed by atoms with Crippen LogP contribution in [0.15, 0.2) is 65.6 Å². The van der Waals surface area contributed by atoms with E-state index in [9.17, 15) is 13.2 Å². The van der Waals surface area contributed by atoms with Gasteiger partial charge < -0.3 is 9.84 Å². The van der Waals surface area contributed by atoms with Gasteiger partial charge in [0.1, 0.15) is 17.9 Å². The molecule has 0 spiro atoms. The molecule has 9 heteroatoms. The third-order valence-electron chi connectivity index (χ3n) is 6.18. The molecule has 3 aromatic rings. The van der Waals surface area contributed by atoms with Gasteiger partial charge in [0.05, 0.1) is 4.90 Å². The molecule has 1 aliphatic rings. The quantitative estimate of drug-likeness (QED) is 0.412. The zero-order valence-corrected chi connectivity index (χ0v) is 21.5. The average molecular weight is 534 g/mol. The van der Waals surface area contributed by atoms with Crippen molar-refractivity contribution in [2.24, 2.45) is 5.92 Å². The standard InChI is InChI=1S/C26H25Cl2NO5S/c1-26(2)20(9-16-4-3-5-17(8-16)18-11-21(27)14-22(28)12-18)10-19-13-23(6-7-24(19)34-26)35(32,33)29-15-25(30)31/h3-8,11-14,20,29H,9-10,15H2,1-2H3,(H,30,31). The summed E-state index contributed by atoms with van der Waals surface area (Å²) < 4.78 is 33.4. The maximum absolute atomic E-state index is 12.5. The van der Waals surface area contributed by atoms with E-state index in [0.29, 0.717) is 28.6 Å². The molecule has 0 bridgehead atoms. The van der Waals surface area contributed by atoms with Crippen LogP contribution in [0.4, 0.5) is 0 Å². The van der Waals surface area contributed by atoms with Gasteiger partial charge in [-0.2, -0.15) is 4.72 Å². The number of halogens is 2. The number of carboxylic acid groups (broad SMARTS) is 1. The smallest absolute Gasteiger partial charge is 0.318 e. The molecule has 0 saturated heterocycles. The monoisotopic (exact) mass is 533 g/mol. The Hall–Kier alpha value is -2.58. The first-order valence-corrected chi connectivity index (χ1v) is 13.3. The fraction of sp³-hybridized carbons (Fsp3) is 0.269. The summed E-state index contributed by atoms with van der Waals surface area (Å²) in [5.41, 5.74) is 3.32. The largest absolute Gasteiger partial charge is 0.487 e. The number of hydrogen-bond acceptors (Lipinski definition) is 4. The lowest BCUT2D eigenvalue weighted by atomic mass is 9.78. The van der Waals surface area contributed by atoms with E-state index < -0.39 is 28.1 Å². The number of carboxylic acids is 1. The molecule has 0 aliphatic carbocycles. The van der Waals surface area contributed by atoms with E-state index in [2.05, 4.69) is 16.9 Å². The van der Waals surface area contributed by atoms with Gasteiger partial charge in [-0.1, -0.05) is 47.5 Å². The van der Waals surface area contributed by atoms with Crippen molar-refractivity contribution in [2.45, 2.75) is 37.2 Å². The molecule has 0 aromatic heterocycles. The number of rotatable bonds is 7. The number of ether oxygens (including phenoxy) is 1. The molecular formula is C26H25Cl2NO5S. The molecule has 0 fully saturated rings. The SMILES string of the molecule is CC1(C)Oc2ccc(S(=O)(=O)NCC(=O)O)cc2CC1Cc1cccc(-c2cc(Cl)cc(Cl)c2)c1. The van der Waals surface area contributed by atoms with Gasteiger partial charge >= 0.3 is 5.97 Å². The maximum atomic E-state index is 12.5. The van der Waals surface area contributed by atoms with Gasteiger partial charge in [-0.05, 0) is 85.3 Å².